The van der Waals surface area contributed by atoms with Crippen molar-refractivity contribution in [3.05, 3.63) is 59.7 Å². The van der Waals surface area contributed by atoms with Gasteiger partial charge < -0.3 is 35.6 Å². The number of aliphatic hydroxyl groups excluding tert-OH is 4. The minimum Gasteiger partial charge on any atom is -0.394 e. The zero-order valence-electron chi connectivity index (χ0n) is 21.7. The van der Waals surface area contributed by atoms with Crippen molar-refractivity contribution in [3.63, 3.8) is 0 Å². The van der Waals surface area contributed by atoms with Gasteiger partial charge in [-0.15, -0.1) is 0 Å². The van der Waals surface area contributed by atoms with Gasteiger partial charge in [0.05, 0.1) is 37.6 Å². The summed E-state index contributed by atoms with van der Waals surface area (Å²) in [5.74, 6) is 0. The lowest BCUT2D eigenvalue weighted by Crippen LogP contribution is -2.45. The van der Waals surface area contributed by atoms with Crippen LogP contribution in [0.1, 0.15) is 52.2 Å². The van der Waals surface area contributed by atoms with Crippen LogP contribution in [0.2, 0.25) is 0 Å². The predicted octanol–water partition coefficient (Wildman–Crippen LogP) is 2.76. The standard InChI is InChI=1S/C28H43NO6/c1-26(2,34-21(15-30)16-31)14-20-10-6-7-11-23(20)24-12-8-9-13-25(24)28(5,29)19-27(3,4)35-22(17-32)18-33/h6-13,21-22,30-33H,14-19,29H2,1-5H3. The summed E-state index contributed by atoms with van der Waals surface area (Å²) in [6.45, 7) is 8.64. The molecular formula is C28H43NO6. The molecule has 0 aliphatic carbocycles. The van der Waals surface area contributed by atoms with Crippen LogP contribution < -0.4 is 5.73 Å². The van der Waals surface area contributed by atoms with Gasteiger partial charge in [0.2, 0.25) is 0 Å². The molecule has 2 aromatic rings. The second-order valence-corrected chi connectivity index (χ2v) is 10.7. The molecule has 6 N–H and O–H groups in total. The van der Waals surface area contributed by atoms with Crippen LogP contribution in [-0.2, 0) is 21.4 Å². The predicted molar refractivity (Wildman–Crippen MR) is 138 cm³/mol. The van der Waals surface area contributed by atoms with Gasteiger partial charge in [0.1, 0.15) is 12.2 Å². The van der Waals surface area contributed by atoms with E-state index >= 15 is 0 Å². The van der Waals surface area contributed by atoms with Crippen molar-refractivity contribution in [1.29, 1.82) is 0 Å². The molecule has 0 bridgehead atoms. The van der Waals surface area contributed by atoms with Gasteiger partial charge in [-0.2, -0.15) is 0 Å². The fourth-order valence-electron chi connectivity index (χ4n) is 4.84. The Morgan fingerprint density at radius 1 is 0.686 bits per heavy atom. The van der Waals surface area contributed by atoms with E-state index in [-0.39, 0.29) is 26.4 Å². The molecule has 7 nitrogen and oxygen atoms in total. The van der Waals surface area contributed by atoms with Crippen molar-refractivity contribution in [2.75, 3.05) is 26.4 Å². The van der Waals surface area contributed by atoms with Gasteiger partial charge in [0.25, 0.3) is 0 Å². The molecule has 0 aromatic heterocycles. The first kappa shape index (κ1) is 29.4. The number of nitrogens with two attached hydrogens (primary N) is 1. The molecule has 0 aliphatic rings. The molecular weight excluding hydrogens is 446 g/mol. The maximum absolute atomic E-state index is 9.46. The van der Waals surface area contributed by atoms with Gasteiger partial charge in [0.15, 0.2) is 0 Å². The Kier molecular flexibility index (Phi) is 10.4. The van der Waals surface area contributed by atoms with Crippen molar-refractivity contribution in [2.45, 2.75) is 76.4 Å². The Hall–Kier alpha value is -1.84. The summed E-state index contributed by atoms with van der Waals surface area (Å²) in [5.41, 5.74) is 8.89. The maximum atomic E-state index is 9.46. The summed E-state index contributed by atoms with van der Waals surface area (Å²) in [7, 11) is 0. The molecule has 0 amide bonds. The largest absolute Gasteiger partial charge is 0.394 e. The van der Waals surface area contributed by atoms with Gasteiger partial charge in [-0.25, -0.2) is 0 Å². The first-order chi connectivity index (χ1) is 16.4. The fraction of sp³-hybridized carbons (Fsp3) is 0.571. The summed E-state index contributed by atoms with van der Waals surface area (Å²) in [4.78, 5) is 0. The number of aliphatic hydroxyl groups is 4. The topological polar surface area (TPSA) is 125 Å². The number of hydrogen-bond donors (Lipinski definition) is 5. The molecule has 0 radical (unpaired) electrons. The molecule has 0 fully saturated rings. The van der Waals surface area contributed by atoms with E-state index in [0.717, 1.165) is 22.3 Å². The van der Waals surface area contributed by atoms with E-state index in [1.807, 2.05) is 65.0 Å². The summed E-state index contributed by atoms with van der Waals surface area (Å²) < 4.78 is 11.9. The summed E-state index contributed by atoms with van der Waals surface area (Å²) >= 11 is 0. The number of ether oxygens (including phenoxy) is 2. The first-order valence-corrected chi connectivity index (χ1v) is 12.1. The maximum Gasteiger partial charge on any atom is 0.104 e. The Morgan fingerprint density at radius 2 is 1.14 bits per heavy atom. The van der Waals surface area contributed by atoms with Crippen LogP contribution in [0, 0.1) is 0 Å². The van der Waals surface area contributed by atoms with Gasteiger partial charge in [-0.05, 0) is 63.3 Å². The van der Waals surface area contributed by atoms with Crippen LogP contribution in [0.4, 0.5) is 0 Å². The molecule has 2 rings (SSSR count). The molecule has 0 heterocycles. The van der Waals surface area contributed by atoms with Gasteiger partial charge in [-0.1, -0.05) is 48.5 Å². The summed E-state index contributed by atoms with van der Waals surface area (Å²) in [6, 6.07) is 16.1. The fourth-order valence-corrected chi connectivity index (χ4v) is 4.84. The normalized spacial score (nSPS) is 14.5. The highest BCUT2D eigenvalue weighted by molar-refractivity contribution is 5.72. The molecule has 7 heteroatoms. The third-order valence-corrected chi connectivity index (χ3v) is 6.04. The van der Waals surface area contributed by atoms with Crippen molar-refractivity contribution in [2.24, 2.45) is 5.73 Å². The zero-order chi connectivity index (χ0) is 26.3. The molecule has 196 valence electrons. The molecule has 1 unspecified atom stereocenters. The van der Waals surface area contributed by atoms with Gasteiger partial charge in [-0.3, -0.25) is 0 Å². The molecule has 0 saturated carbocycles. The second kappa shape index (κ2) is 12.4. The molecule has 35 heavy (non-hydrogen) atoms. The van der Waals surface area contributed by atoms with Crippen LogP contribution in [0.3, 0.4) is 0 Å². The average Bonchev–Trinajstić information content (AvgIpc) is 2.80. The molecule has 0 spiro atoms. The van der Waals surface area contributed by atoms with E-state index in [9.17, 15) is 20.4 Å². The Bertz CT molecular complexity index is 919. The molecule has 0 aliphatic heterocycles. The average molecular weight is 490 g/mol. The van der Waals surface area contributed by atoms with E-state index in [1.165, 1.54) is 0 Å². The highest BCUT2D eigenvalue weighted by Crippen LogP contribution is 2.38. The SMILES string of the molecule is CC(C)(Cc1ccccc1-c1ccccc1C(C)(N)CC(C)(C)OC(CO)CO)OC(CO)CO. The van der Waals surface area contributed by atoms with Crippen LogP contribution in [0.25, 0.3) is 11.1 Å². The Labute approximate surface area is 209 Å². The molecule has 2 aromatic carbocycles. The van der Waals surface area contributed by atoms with Crippen LogP contribution >= 0.6 is 0 Å². The first-order valence-electron chi connectivity index (χ1n) is 12.1. The van der Waals surface area contributed by atoms with Crippen molar-refractivity contribution in [1.82, 2.24) is 0 Å². The monoisotopic (exact) mass is 489 g/mol. The van der Waals surface area contributed by atoms with Crippen molar-refractivity contribution in [3.8, 4) is 11.1 Å². The van der Waals surface area contributed by atoms with Gasteiger partial charge in [0, 0.05) is 12.0 Å². The van der Waals surface area contributed by atoms with E-state index in [1.54, 1.807) is 0 Å². The van der Waals surface area contributed by atoms with E-state index in [4.69, 9.17) is 15.2 Å². The third-order valence-electron chi connectivity index (χ3n) is 6.04. The quantitative estimate of drug-likeness (QED) is 0.276. The van der Waals surface area contributed by atoms with E-state index in [0.29, 0.717) is 12.8 Å². The van der Waals surface area contributed by atoms with E-state index < -0.39 is 28.9 Å². The Balaban J connectivity index is 2.42. The summed E-state index contributed by atoms with van der Waals surface area (Å²) in [5, 5.41) is 37.8. The molecule has 0 saturated heterocycles. The number of rotatable bonds is 14. The smallest absolute Gasteiger partial charge is 0.104 e. The third kappa shape index (κ3) is 8.36. The minimum absolute atomic E-state index is 0.249. The highest BCUT2D eigenvalue weighted by atomic mass is 16.5. The lowest BCUT2D eigenvalue weighted by molar-refractivity contribution is -0.118. The van der Waals surface area contributed by atoms with Crippen LogP contribution in [0.15, 0.2) is 48.5 Å². The van der Waals surface area contributed by atoms with Crippen LogP contribution in [0.5, 0.6) is 0 Å². The second-order valence-electron chi connectivity index (χ2n) is 10.7. The Morgan fingerprint density at radius 3 is 1.69 bits per heavy atom. The zero-order valence-corrected chi connectivity index (χ0v) is 21.7. The highest BCUT2D eigenvalue weighted by Gasteiger charge is 2.35. The van der Waals surface area contributed by atoms with Crippen molar-refractivity contribution >= 4 is 0 Å². The number of hydrogen-bond acceptors (Lipinski definition) is 7. The number of benzene rings is 2. The summed E-state index contributed by atoms with van der Waals surface area (Å²) in [6.07, 6.45) is -0.279. The molecule has 1 atom stereocenters. The minimum atomic E-state index is -0.770. The van der Waals surface area contributed by atoms with E-state index in [2.05, 4.69) is 18.2 Å². The lowest BCUT2D eigenvalue weighted by atomic mass is 9.78. The lowest BCUT2D eigenvalue weighted by Gasteiger charge is -2.38. The van der Waals surface area contributed by atoms with Crippen LogP contribution in [-0.4, -0.2) is 70.3 Å². The van der Waals surface area contributed by atoms with Gasteiger partial charge >= 0.3 is 0 Å². The van der Waals surface area contributed by atoms with Crippen molar-refractivity contribution < 1.29 is 29.9 Å².